The zero-order chi connectivity index (χ0) is 13.8. The maximum Gasteiger partial charge on any atom is 0.269 e. The number of hydrogen-bond acceptors (Lipinski definition) is 4. The summed E-state index contributed by atoms with van der Waals surface area (Å²) in [6.07, 6.45) is 0. The van der Waals surface area contributed by atoms with Gasteiger partial charge in [-0.3, -0.25) is 14.9 Å². The normalized spacial score (nSPS) is 22.2. The first-order chi connectivity index (χ1) is 9.08. The van der Waals surface area contributed by atoms with Gasteiger partial charge in [0.25, 0.3) is 5.69 Å². The molecule has 102 valence electrons. The number of rotatable bonds is 4. The summed E-state index contributed by atoms with van der Waals surface area (Å²) in [6.45, 7) is 3.91. The lowest BCUT2D eigenvalue weighted by atomic mass is 9.97. The lowest BCUT2D eigenvalue weighted by molar-refractivity contribution is -0.384. The molecule has 0 unspecified atom stereocenters. The van der Waals surface area contributed by atoms with Crippen molar-refractivity contribution in [2.45, 2.75) is 13.5 Å². The second-order valence-corrected chi connectivity index (χ2v) is 4.89. The SMILES string of the molecule is C[C@@H]1CNC[C@H]1C(=O)NCc1cccc([N+](=O)[O-])c1. The zero-order valence-corrected chi connectivity index (χ0v) is 10.8. The summed E-state index contributed by atoms with van der Waals surface area (Å²) in [6, 6.07) is 6.31. The molecule has 0 radical (unpaired) electrons. The Kier molecular flexibility index (Phi) is 4.11. The molecule has 1 amide bonds. The van der Waals surface area contributed by atoms with E-state index in [0.717, 1.165) is 12.1 Å². The molecular formula is C13H17N3O3. The van der Waals surface area contributed by atoms with E-state index in [9.17, 15) is 14.9 Å². The average molecular weight is 263 g/mol. The van der Waals surface area contributed by atoms with Crippen LogP contribution in [0.4, 0.5) is 5.69 Å². The predicted molar refractivity (Wildman–Crippen MR) is 70.5 cm³/mol. The molecule has 1 saturated heterocycles. The maximum atomic E-state index is 12.0. The van der Waals surface area contributed by atoms with Gasteiger partial charge < -0.3 is 10.6 Å². The van der Waals surface area contributed by atoms with Crippen LogP contribution in [-0.2, 0) is 11.3 Å². The highest BCUT2D eigenvalue weighted by Gasteiger charge is 2.29. The highest BCUT2D eigenvalue weighted by molar-refractivity contribution is 5.79. The van der Waals surface area contributed by atoms with Gasteiger partial charge in [-0.05, 0) is 18.0 Å². The average Bonchev–Trinajstić information content (AvgIpc) is 2.82. The van der Waals surface area contributed by atoms with Crippen molar-refractivity contribution in [1.29, 1.82) is 0 Å². The number of non-ortho nitro benzene ring substituents is 1. The Morgan fingerprint density at radius 3 is 2.95 bits per heavy atom. The van der Waals surface area contributed by atoms with Gasteiger partial charge in [-0.25, -0.2) is 0 Å². The fourth-order valence-electron chi connectivity index (χ4n) is 2.26. The van der Waals surface area contributed by atoms with E-state index in [0.29, 0.717) is 19.0 Å². The van der Waals surface area contributed by atoms with Crippen molar-refractivity contribution in [2.75, 3.05) is 13.1 Å². The highest BCUT2D eigenvalue weighted by Crippen LogP contribution is 2.16. The molecule has 0 aliphatic carbocycles. The summed E-state index contributed by atoms with van der Waals surface area (Å²) < 4.78 is 0. The third-order valence-corrected chi connectivity index (χ3v) is 3.44. The van der Waals surface area contributed by atoms with E-state index in [1.807, 2.05) is 6.92 Å². The van der Waals surface area contributed by atoms with Gasteiger partial charge in [-0.15, -0.1) is 0 Å². The monoisotopic (exact) mass is 263 g/mol. The molecule has 1 fully saturated rings. The van der Waals surface area contributed by atoms with Gasteiger partial charge in [-0.1, -0.05) is 19.1 Å². The van der Waals surface area contributed by atoms with E-state index in [-0.39, 0.29) is 17.5 Å². The van der Waals surface area contributed by atoms with E-state index in [4.69, 9.17) is 0 Å². The van der Waals surface area contributed by atoms with Gasteiger partial charge in [0.1, 0.15) is 0 Å². The fraction of sp³-hybridized carbons (Fsp3) is 0.462. The molecule has 6 heteroatoms. The van der Waals surface area contributed by atoms with Crippen LogP contribution in [0.1, 0.15) is 12.5 Å². The number of nitrogens with one attached hydrogen (secondary N) is 2. The fourth-order valence-corrected chi connectivity index (χ4v) is 2.26. The van der Waals surface area contributed by atoms with Crippen LogP contribution in [0.25, 0.3) is 0 Å². The van der Waals surface area contributed by atoms with Crippen LogP contribution in [0.5, 0.6) is 0 Å². The Hall–Kier alpha value is -1.95. The van der Waals surface area contributed by atoms with E-state index < -0.39 is 4.92 Å². The molecule has 1 aliphatic rings. The van der Waals surface area contributed by atoms with E-state index in [1.165, 1.54) is 12.1 Å². The molecule has 1 heterocycles. The van der Waals surface area contributed by atoms with Crippen LogP contribution in [-0.4, -0.2) is 23.9 Å². The van der Waals surface area contributed by atoms with Crippen molar-refractivity contribution in [3.05, 3.63) is 39.9 Å². The van der Waals surface area contributed by atoms with Crippen LogP contribution in [0.2, 0.25) is 0 Å². The van der Waals surface area contributed by atoms with Crippen LogP contribution in [0.3, 0.4) is 0 Å². The zero-order valence-electron chi connectivity index (χ0n) is 10.8. The number of carbonyl (C=O) groups is 1. The lowest BCUT2D eigenvalue weighted by Gasteiger charge is -2.14. The first-order valence-corrected chi connectivity index (χ1v) is 6.29. The quantitative estimate of drug-likeness (QED) is 0.628. The van der Waals surface area contributed by atoms with Crippen LogP contribution >= 0.6 is 0 Å². The Bertz CT molecular complexity index is 490. The van der Waals surface area contributed by atoms with Crippen LogP contribution in [0, 0.1) is 22.0 Å². The van der Waals surface area contributed by atoms with Gasteiger partial charge in [0.05, 0.1) is 10.8 Å². The summed E-state index contributed by atoms with van der Waals surface area (Å²) in [4.78, 5) is 22.2. The van der Waals surface area contributed by atoms with Crippen molar-refractivity contribution in [1.82, 2.24) is 10.6 Å². The molecule has 0 saturated carbocycles. The minimum atomic E-state index is -0.436. The molecule has 2 rings (SSSR count). The largest absolute Gasteiger partial charge is 0.352 e. The van der Waals surface area contributed by atoms with E-state index in [1.54, 1.807) is 12.1 Å². The predicted octanol–water partition coefficient (Wildman–Crippen LogP) is 1.07. The number of nitrogens with zero attached hydrogens (tertiary/aromatic N) is 1. The molecule has 1 aromatic rings. The number of amides is 1. The van der Waals surface area contributed by atoms with E-state index >= 15 is 0 Å². The molecule has 1 aromatic carbocycles. The third-order valence-electron chi connectivity index (χ3n) is 3.44. The minimum absolute atomic E-state index is 0.00371. The smallest absolute Gasteiger partial charge is 0.269 e. The van der Waals surface area contributed by atoms with Crippen molar-refractivity contribution >= 4 is 11.6 Å². The standard InChI is InChI=1S/C13H17N3O3/c1-9-6-14-8-12(9)13(17)15-7-10-3-2-4-11(5-10)16(18)19/h2-5,9,12,14H,6-8H2,1H3,(H,15,17)/t9-,12-/m1/s1. The Labute approximate surface area is 111 Å². The first-order valence-electron chi connectivity index (χ1n) is 6.29. The molecule has 2 N–H and O–H groups in total. The first kappa shape index (κ1) is 13.5. The lowest BCUT2D eigenvalue weighted by Crippen LogP contribution is -2.33. The summed E-state index contributed by atoms with van der Waals surface area (Å²) in [5.41, 5.74) is 0.781. The second-order valence-electron chi connectivity index (χ2n) is 4.89. The summed E-state index contributed by atoms with van der Waals surface area (Å²) in [5, 5.41) is 16.7. The Morgan fingerprint density at radius 2 is 2.32 bits per heavy atom. The van der Waals surface area contributed by atoms with Gasteiger partial charge in [0, 0.05) is 25.2 Å². The van der Waals surface area contributed by atoms with Gasteiger partial charge in [0.2, 0.25) is 5.91 Å². The van der Waals surface area contributed by atoms with Crippen molar-refractivity contribution < 1.29 is 9.72 Å². The van der Waals surface area contributed by atoms with Gasteiger partial charge in [0.15, 0.2) is 0 Å². The molecular weight excluding hydrogens is 246 g/mol. The van der Waals surface area contributed by atoms with Crippen molar-refractivity contribution in [3.63, 3.8) is 0 Å². The number of nitro groups is 1. The number of benzene rings is 1. The summed E-state index contributed by atoms with van der Waals surface area (Å²) in [5.74, 6) is 0.313. The van der Waals surface area contributed by atoms with Gasteiger partial charge >= 0.3 is 0 Å². The number of carbonyl (C=O) groups excluding carboxylic acids is 1. The Balaban J connectivity index is 1.93. The van der Waals surface area contributed by atoms with Crippen LogP contribution in [0.15, 0.2) is 24.3 Å². The number of nitro benzene ring substituents is 1. The van der Waals surface area contributed by atoms with Gasteiger partial charge in [-0.2, -0.15) is 0 Å². The Morgan fingerprint density at radius 1 is 1.53 bits per heavy atom. The summed E-state index contributed by atoms with van der Waals surface area (Å²) >= 11 is 0. The molecule has 6 nitrogen and oxygen atoms in total. The molecule has 0 bridgehead atoms. The maximum absolute atomic E-state index is 12.0. The molecule has 1 aliphatic heterocycles. The summed E-state index contributed by atoms with van der Waals surface area (Å²) in [7, 11) is 0. The number of hydrogen-bond donors (Lipinski definition) is 2. The van der Waals surface area contributed by atoms with Crippen LogP contribution < -0.4 is 10.6 Å². The molecule has 2 atom stereocenters. The van der Waals surface area contributed by atoms with Crippen molar-refractivity contribution in [3.8, 4) is 0 Å². The topological polar surface area (TPSA) is 84.3 Å². The third kappa shape index (κ3) is 3.29. The second kappa shape index (κ2) is 5.79. The minimum Gasteiger partial charge on any atom is -0.352 e. The molecule has 0 spiro atoms. The van der Waals surface area contributed by atoms with E-state index in [2.05, 4.69) is 10.6 Å². The molecule has 19 heavy (non-hydrogen) atoms. The molecule has 0 aromatic heterocycles. The highest BCUT2D eigenvalue weighted by atomic mass is 16.6. The van der Waals surface area contributed by atoms with Crippen molar-refractivity contribution in [2.24, 2.45) is 11.8 Å².